The highest BCUT2D eigenvalue weighted by Crippen LogP contribution is 1.97. The van der Waals surface area contributed by atoms with Crippen LogP contribution in [-0.4, -0.2) is 24.5 Å². The highest BCUT2D eigenvalue weighted by Gasteiger charge is 2.01. The summed E-state index contributed by atoms with van der Waals surface area (Å²) in [5.41, 5.74) is 0. The van der Waals surface area contributed by atoms with Gasteiger partial charge >= 0.3 is 0 Å². The fourth-order valence-electron chi connectivity index (χ4n) is 1.06. The summed E-state index contributed by atoms with van der Waals surface area (Å²) in [7, 11) is 1.88. The molecule has 0 aromatic carbocycles. The molecule has 0 aliphatic rings. The molecular weight excluding hydrogens is 186 g/mol. The second-order valence-corrected chi connectivity index (χ2v) is 3.09. The summed E-state index contributed by atoms with van der Waals surface area (Å²) in [6.07, 6.45) is 3.62. The van der Waals surface area contributed by atoms with E-state index in [4.69, 9.17) is 12.2 Å². The number of hydrogen-bond donors (Lipinski definition) is 1. The van der Waals surface area contributed by atoms with E-state index < -0.39 is 0 Å². The summed E-state index contributed by atoms with van der Waals surface area (Å²) in [6, 6.07) is 1.88. The van der Waals surface area contributed by atoms with Crippen molar-refractivity contribution in [3.8, 4) is 0 Å². The zero-order valence-electron chi connectivity index (χ0n) is 7.14. The maximum Gasteiger partial charge on any atom is 0.194 e. The van der Waals surface area contributed by atoms with Crippen molar-refractivity contribution in [2.45, 2.75) is 6.54 Å². The van der Waals surface area contributed by atoms with Crippen LogP contribution in [0.25, 0.3) is 0 Å². The van der Waals surface area contributed by atoms with Crippen LogP contribution in [0.15, 0.2) is 18.5 Å². The predicted octanol–water partition coefficient (Wildman–Crippen LogP) is 0.722. The van der Waals surface area contributed by atoms with Crippen molar-refractivity contribution in [1.29, 1.82) is 0 Å². The third-order valence-electron chi connectivity index (χ3n) is 1.84. The molecule has 5 nitrogen and oxygen atoms in total. The molecule has 0 unspecified atom stereocenters. The molecule has 0 saturated carbocycles. The molecule has 2 aromatic heterocycles. The summed E-state index contributed by atoms with van der Waals surface area (Å²) in [4.78, 5) is 0. The number of rotatable bonds is 2. The van der Waals surface area contributed by atoms with Crippen LogP contribution in [0.1, 0.15) is 5.82 Å². The summed E-state index contributed by atoms with van der Waals surface area (Å²) in [5, 5.41) is 10.9. The molecule has 2 heterocycles. The van der Waals surface area contributed by atoms with E-state index in [0.717, 1.165) is 5.82 Å². The van der Waals surface area contributed by atoms with Gasteiger partial charge in [0.05, 0.1) is 0 Å². The Kier molecular flexibility index (Phi) is 1.97. The van der Waals surface area contributed by atoms with Crippen LogP contribution in [-0.2, 0) is 13.6 Å². The molecule has 1 N–H and O–H groups in total. The molecule has 6 heteroatoms. The minimum absolute atomic E-state index is 0.627. The number of hydrogen-bond acceptors (Lipinski definition) is 3. The topological polar surface area (TPSA) is 51.4 Å². The fraction of sp³-hybridized carbons (Fsp3) is 0.286. The SMILES string of the molecule is Cn1c(Cn2cccn2)n[nH]c1=S. The van der Waals surface area contributed by atoms with Gasteiger partial charge in [0.1, 0.15) is 6.54 Å². The Balaban J connectivity index is 2.29. The van der Waals surface area contributed by atoms with Crippen LogP contribution in [0.4, 0.5) is 0 Å². The smallest absolute Gasteiger partial charge is 0.194 e. The van der Waals surface area contributed by atoms with Crippen molar-refractivity contribution in [3.05, 3.63) is 29.1 Å². The van der Waals surface area contributed by atoms with E-state index in [9.17, 15) is 0 Å². The zero-order valence-corrected chi connectivity index (χ0v) is 7.95. The average molecular weight is 195 g/mol. The summed E-state index contributed by atoms with van der Waals surface area (Å²) < 4.78 is 4.25. The van der Waals surface area contributed by atoms with Crippen molar-refractivity contribution in [2.75, 3.05) is 0 Å². The Morgan fingerprint density at radius 3 is 3.00 bits per heavy atom. The average Bonchev–Trinajstić information content (AvgIpc) is 2.71. The number of aromatic nitrogens is 5. The Morgan fingerprint density at radius 2 is 2.46 bits per heavy atom. The highest BCUT2D eigenvalue weighted by molar-refractivity contribution is 7.71. The summed E-state index contributed by atoms with van der Waals surface area (Å²) >= 11 is 4.98. The van der Waals surface area contributed by atoms with Crippen molar-refractivity contribution in [2.24, 2.45) is 7.05 Å². The van der Waals surface area contributed by atoms with E-state index in [1.165, 1.54) is 0 Å². The minimum Gasteiger partial charge on any atom is -0.306 e. The van der Waals surface area contributed by atoms with Gasteiger partial charge in [-0.3, -0.25) is 9.78 Å². The lowest BCUT2D eigenvalue weighted by molar-refractivity contribution is 0.629. The first-order valence-electron chi connectivity index (χ1n) is 3.85. The monoisotopic (exact) mass is 195 g/mol. The van der Waals surface area contributed by atoms with Crippen LogP contribution in [0.2, 0.25) is 0 Å². The van der Waals surface area contributed by atoms with E-state index in [1.807, 2.05) is 23.9 Å². The lowest BCUT2D eigenvalue weighted by atomic mass is 10.6. The van der Waals surface area contributed by atoms with Crippen LogP contribution in [0.5, 0.6) is 0 Å². The van der Waals surface area contributed by atoms with Gasteiger partial charge in [0.15, 0.2) is 10.6 Å². The standard InChI is InChI=1S/C7H9N5S/c1-11-6(9-10-7(11)13)5-12-4-2-3-8-12/h2-4H,5H2,1H3,(H,10,13). The van der Waals surface area contributed by atoms with Gasteiger partial charge in [0, 0.05) is 19.4 Å². The lowest BCUT2D eigenvalue weighted by Crippen LogP contribution is -2.06. The number of H-pyrrole nitrogens is 1. The van der Waals surface area contributed by atoms with Gasteiger partial charge in [-0.15, -0.1) is 0 Å². The molecule has 0 spiro atoms. The molecule has 0 amide bonds. The van der Waals surface area contributed by atoms with E-state index in [1.54, 1.807) is 10.9 Å². The van der Waals surface area contributed by atoms with Crippen molar-refractivity contribution in [3.63, 3.8) is 0 Å². The number of nitrogens with zero attached hydrogens (tertiary/aromatic N) is 4. The Morgan fingerprint density at radius 1 is 1.62 bits per heavy atom. The Hall–Kier alpha value is -1.43. The molecule has 0 aliphatic heterocycles. The fourth-order valence-corrected chi connectivity index (χ4v) is 1.21. The van der Waals surface area contributed by atoms with E-state index in [0.29, 0.717) is 11.3 Å². The third kappa shape index (κ3) is 1.52. The Bertz CT molecular complexity index is 438. The first kappa shape index (κ1) is 8.18. The van der Waals surface area contributed by atoms with Crippen molar-refractivity contribution < 1.29 is 0 Å². The highest BCUT2D eigenvalue weighted by atomic mass is 32.1. The van der Waals surface area contributed by atoms with Gasteiger partial charge < -0.3 is 4.57 Å². The molecule has 68 valence electrons. The first-order valence-corrected chi connectivity index (χ1v) is 4.26. The molecule has 0 fully saturated rings. The Labute approximate surface area is 80.0 Å². The second kappa shape index (κ2) is 3.14. The van der Waals surface area contributed by atoms with Crippen LogP contribution in [0, 0.1) is 4.77 Å². The van der Waals surface area contributed by atoms with Crippen LogP contribution >= 0.6 is 12.2 Å². The molecule has 2 rings (SSSR count). The van der Waals surface area contributed by atoms with Gasteiger partial charge in [-0.05, 0) is 18.3 Å². The molecule has 13 heavy (non-hydrogen) atoms. The normalized spacial score (nSPS) is 10.5. The number of nitrogens with one attached hydrogen (secondary N) is 1. The lowest BCUT2D eigenvalue weighted by Gasteiger charge is -1.99. The third-order valence-corrected chi connectivity index (χ3v) is 2.20. The number of aromatic amines is 1. The first-order chi connectivity index (χ1) is 6.27. The minimum atomic E-state index is 0.627. The summed E-state index contributed by atoms with van der Waals surface area (Å²) in [6.45, 7) is 0.636. The van der Waals surface area contributed by atoms with Gasteiger partial charge in [-0.1, -0.05) is 0 Å². The maximum atomic E-state index is 4.98. The quantitative estimate of drug-likeness (QED) is 0.718. The molecule has 0 atom stereocenters. The molecule has 0 bridgehead atoms. The van der Waals surface area contributed by atoms with E-state index >= 15 is 0 Å². The van der Waals surface area contributed by atoms with Gasteiger partial charge in [-0.25, -0.2) is 0 Å². The predicted molar refractivity (Wildman–Crippen MR) is 49.7 cm³/mol. The molecule has 0 saturated heterocycles. The van der Waals surface area contributed by atoms with E-state index in [-0.39, 0.29) is 0 Å². The largest absolute Gasteiger partial charge is 0.306 e. The molecule has 0 aliphatic carbocycles. The van der Waals surface area contributed by atoms with Crippen molar-refractivity contribution >= 4 is 12.2 Å². The van der Waals surface area contributed by atoms with Gasteiger partial charge in [-0.2, -0.15) is 10.2 Å². The van der Waals surface area contributed by atoms with Crippen LogP contribution in [0.3, 0.4) is 0 Å². The maximum absolute atomic E-state index is 4.98. The van der Waals surface area contributed by atoms with Gasteiger partial charge in [0.2, 0.25) is 0 Å². The van der Waals surface area contributed by atoms with Crippen LogP contribution < -0.4 is 0 Å². The molecule has 2 aromatic rings. The molecular formula is C7H9N5S. The summed E-state index contributed by atoms with van der Waals surface area (Å²) in [5.74, 6) is 0.869. The molecule has 0 radical (unpaired) electrons. The zero-order chi connectivity index (χ0) is 9.26. The van der Waals surface area contributed by atoms with Gasteiger partial charge in [0.25, 0.3) is 0 Å². The van der Waals surface area contributed by atoms with E-state index in [2.05, 4.69) is 15.3 Å². The second-order valence-electron chi connectivity index (χ2n) is 2.71. The van der Waals surface area contributed by atoms with Crippen molar-refractivity contribution in [1.82, 2.24) is 24.5 Å².